The third kappa shape index (κ3) is 36.7. The first-order valence-corrected chi connectivity index (χ1v) is 22.3. The minimum atomic E-state index is -1.11. The van der Waals surface area contributed by atoms with Gasteiger partial charge >= 0.3 is 0 Å². The molecule has 4 N–H and O–H groups in total. The van der Waals surface area contributed by atoms with Crippen molar-refractivity contribution in [1.29, 1.82) is 0 Å². The summed E-state index contributed by atoms with van der Waals surface area (Å²) in [6.45, 7) is 4.16. The number of amides is 1. The lowest BCUT2D eigenvalue weighted by Crippen LogP contribution is -2.48. The molecule has 0 aromatic rings. The van der Waals surface area contributed by atoms with E-state index in [1.165, 1.54) is 161 Å². The number of allylic oxidation sites excluding steroid dienone is 5. The highest BCUT2D eigenvalue weighted by Crippen LogP contribution is 2.16. The van der Waals surface area contributed by atoms with Gasteiger partial charge in [-0.1, -0.05) is 217 Å². The van der Waals surface area contributed by atoms with Crippen LogP contribution in [0.15, 0.2) is 36.5 Å². The Morgan fingerprint density at radius 3 is 1.20 bits per heavy atom. The van der Waals surface area contributed by atoms with Crippen LogP contribution in [-0.2, 0) is 4.79 Å². The first-order valence-electron chi connectivity index (χ1n) is 22.3. The fourth-order valence-electron chi connectivity index (χ4n) is 6.69. The summed E-state index contributed by atoms with van der Waals surface area (Å²) in [5, 5.41) is 33.1. The second kappa shape index (κ2) is 41.3. The molecule has 3 atom stereocenters. The summed E-state index contributed by atoms with van der Waals surface area (Å²) in [6.07, 6.45) is 51.8. The first-order chi connectivity index (χ1) is 25.1. The van der Waals surface area contributed by atoms with Gasteiger partial charge in [0.2, 0.25) is 5.91 Å². The van der Waals surface area contributed by atoms with Crippen molar-refractivity contribution in [2.75, 3.05) is 6.61 Å². The molecule has 5 nitrogen and oxygen atoms in total. The molecule has 1 amide bonds. The highest BCUT2D eigenvalue weighted by molar-refractivity contribution is 5.80. The molecule has 0 aliphatic heterocycles. The minimum Gasteiger partial charge on any atom is -0.394 e. The van der Waals surface area contributed by atoms with Crippen LogP contribution >= 0.6 is 0 Å². The molecule has 0 aliphatic carbocycles. The normalized spacial score (nSPS) is 13.9. The molecule has 0 fully saturated rings. The number of carbonyl (C=O) groups excluding carboxylic acids is 1. The molecule has 51 heavy (non-hydrogen) atoms. The van der Waals surface area contributed by atoms with Gasteiger partial charge in [-0.3, -0.25) is 4.79 Å². The lowest BCUT2D eigenvalue weighted by molar-refractivity contribution is -0.131. The molecule has 0 rings (SSSR count). The molecule has 0 saturated heterocycles. The molecule has 0 aliphatic rings. The van der Waals surface area contributed by atoms with Crippen LogP contribution in [0.1, 0.15) is 226 Å². The smallest absolute Gasteiger partial charge is 0.249 e. The molecule has 0 spiro atoms. The predicted octanol–water partition coefficient (Wildman–Crippen LogP) is 12.8. The maximum atomic E-state index is 12.5. The van der Waals surface area contributed by atoms with Crippen molar-refractivity contribution in [2.45, 2.75) is 244 Å². The summed E-state index contributed by atoms with van der Waals surface area (Å²) in [5.74, 6) is -0.515. The van der Waals surface area contributed by atoms with Crippen LogP contribution in [-0.4, -0.2) is 46.1 Å². The molecule has 0 aromatic carbocycles. The number of rotatable bonds is 40. The number of carbonyl (C=O) groups is 1. The van der Waals surface area contributed by atoms with E-state index in [2.05, 4.69) is 43.5 Å². The second-order valence-corrected chi connectivity index (χ2v) is 15.2. The van der Waals surface area contributed by atoms with E-state index >= 15 is 0 Å². The van der Waals surface area contributed by atoms with E-state index in [0.717, 1.165) is 44.9 Å². The van der Waals surface area contributed by atoms with E-state index in [-0.39, 0.29) is 6.61 Å². The number of hydrogen-bond donors (Lipinski definition) is 4. The summed E-state index contributed by atoms with van der Waals surface area (Å²) in [5.41, 5.74) is 0. The van der Waals surface area contributed by atoms with E-state index in [1.54, 1.807) is 6.08 Å². The van der Waals surface area contributed by atoms with Crippen molar-refractivity contribution in [3.63, 3.8) is 0 Å². The molecular formula is C46H87NO4. The average molecular weight is 718 g/mol. The maximum Gasteiger partial charge on any atom is 0.249 e. The molecule has 0 aromatic heterocycles. The van der Waals surface area contributed by atoms with Gasteiger partial charge in [-0.05, 0) is 44.9 Å². The van der Waals surface area contributed by atoms with Crippen molar-refractivity contribution in [3.05, 3.63) is 36.5 Å². The van der Waals surface area contributed by atoms with Gasteiger partial charge < -0.3 is 20.6 Å². The van der Waals surface area contributed by atoms with E-state index in [0.29, 0.717) is 6.42 Å². The fourth-order valence-corrected chi connectivity index (χ4v) is 6.69. The van der Waals surface area contributed by atoms with Gasteiger partial charge in [-0.25, -0.2) is 0 Å². The van der Waals surface area contributed by atoms with Gasteiger partial charge in [-0.15, -0.1) is 0 Å². The largest absolute Gasteiger partial charge is 0.394 e. The maximum absolute atomic E-state index is 12.5. The van der Waals surface area contributed by atoms with E-state index in [4.69, 9.17) is 0 Å². The molecule has 0 heterocycles. The van der Waals surface area contributed by atoms with Crippen LogP contribution in [0.2, 0.25) is 0 Å². The highest BCUT2D eigenvalue weighted by atomic mass is 16.3. The minimum absolute atomic E-state index is 0.379. The van der Waals surface area contributed by atoms with Crippen molar-refractivity contribution in [1.82, 2.24) is 5.32 Å². The second-order valence-electron chi connectivity index (χ2n) is 15.2. The lowest BCUT2D eigenvalue weighted by Gasteiger charge is -2.21. The zero-order valence-electron chi connectivity index (χ0n) is 34.0. The van der Waals surface area contributed by atoms with Gasteiger partial charge in [-0.2, -0.15) is 0 Å². The zero-order valence-corrected chi connectivity index (χ0v) is 34.0. The Hall–Kier alpha value is -1.43. The van der Waals surface area contributed by atoms with Gasteiger partial charge in [0, 0.05) is 0 Å². The van der Waals surface area contributed by atoms with Crippen LogP contribution in [0.4, 0.5) is 0 Å². The van der Waals surface area contributed by atoms with Crippen molar-refractivity contribution >= 4 is 5.91 Å². The Bertz CT molecular complexity index is 794. The van der Waals surface area contributed by atoms with Crippen molar-refractivity contribution < 1.29 is 20.1 Å². The summed E-state index contributed by atoms with van der Waals surface area (Å²) < 4.78 is 0. The molecule has 300 valence electrons. The third-order valence-corrected chi connectivity index (χ3v) is 10.2. The molecule has 0 radical (unpaired) electrons. The number of aliphatic hydroxyl groups excluding tert-OH is 3. The Balaban J connectivity index is 3.67. The predicted molar refractivity (Wildman–Crippen MR) is 222 cm³/mol. The SMILES string of the molecule is CCCCCCC/C=C/CC/C=C/CC/C=C/C(O)C(CO)NC(=O)C(O)CCCCCCCCCCCCCCCCCCCCCCCC. The van der Waals surface area contributed by atoms with Crippen LogP contribution in [0.5, 0.6) is 0 Å². The number of unbranched alkanes of at least 4 members (excludes halogenated alkanes) is 28. The Kier molecular flexibility index (Phi) is 40.2. The summed E-state index contributed by atoms with van der Waals surface area (Å²) >= 11 is 0. The first kappa shape index (κ1) is 49.6. The number of nitrogens with one attached hydrogen (secondary N) is 1. The van der Waals surface area contributed by atoms with Gasteiger partial charge in [0.05, 0.1) is 18.8 Å². The number of aliphatic hydroxyl groups is 3. The van der Waals surface area contributed by atoms with Crippen molar-refractivity contribution in [3.8, 4) is 0 Å². The van der Waals surface area contributed by atoms with E-state index in [1.807, 2.05) is 6.08 Å². The standard InChI is InChI=1S/C46H87NO4/c1-3-5-7-9-11-13-15-17-19-20-21-22-23-24-25-27-29-31-33-35-37-39-41-45(50)46(51)47-43(42-48)44(49)40-38-36-34-32-30-28-26-18-16-14-12-10-8-6-4-2/h16,18,30,32,38,40,43-45,48-50H,3-15,17,19-29,31,33-37,39,41-42H2,1-2H3,(H,47,51)/b18-16+,32-30+,40-38+. The monoisotopic (exact) mass is 718 g/mol. The lowest BCUT2D eigenvalue weighted by atomic mass is 10.0. The van der Waals surface area contributed by atoms with Crippen LogP contribution in [0, 0.1) is 0 Å². The van der Waals surface area contributed by atoms with Crippen LogP contribution in [0.3, 0.4) is 0 Å². The summed E-state index contributed by atoms with van der Waals surface area (Å²) in [6, 6.07) is -0.818. The Labute approximate surface area is 317 Å². The van der Waals surface area contributed by atoms with E-state index in [9.17, 15) is 20.1 Å². The third-order valence-electron chi connectivity index (χ3n) is 10.2. The quantitative estimate of drug-likeness (QED) is 0.0375. The van der Waals surface area contributed by atoms with E-state index < -0.39 is 24.2 Å². The van der Waals surface area contributed by atoms with Crippen LogP contribution in [0.25, 0.3) is 0 Å². The molecule has 5 heteroatoms. The fraction of sp³-hybridized carbons (Fsp3) is 0.848. The van der Waals surface area contributed by atoms with Gasteiger partial charge in [0.25, 0.3) is 0 Å². The molecule has 0 saturated carbocycles. The molecular weight excluding hydrogens is 631 g/mol. The summed E-state index contributed by atoms with van der Waals surface area (Å²) in [7, 11) is 0. The highest BCUT2D eigenvalue weighted by Gasteiger charge is 2.22. The Morgan fingerprint density at radius 2 is 0.804 bits per heavy atom. The zero-order chi connectivity index (χ0) is 37.3. The van der Waals surface area contributed by atoms with Gasteiger partial charge in [0.1, 0.15) is 6.10 Å². The summed E-state index contributed by atoms with van der Waals surface area (Å²) in [4.78, 5) is 12.5. The molecule has 3 unspecified atom stereocenters. The number of hydrogen-bond acceptors (Lipinski definition) is 4. The molecule has 0 bridgehead atoms. The van der Waals surface area contributed by atoms with Crippen LogP contribution < -0.4 is 5.32 Å². The topological polar surface area (TPSA) is 89.8 Å². The van der Waals surface area contributed by atoms with Crippen molar-refractivity contribution in [2.24, 2.45) is 0 Å². The average Bonchev–Trinajstić information content (AvgIpc) is 3.13. The Morgan fingerprint density at radius 1 is 0.471 bits per heavy atom. The van der Waals surface area contributed by atoms with Gasteiger partial charge in [0.15, 0.2) is 0 Å².